The van der Waals surface area contributed by atoms with Crippen LogP contribution in [0.25, 0.3) is 0 Å². The second kappa shape index (κ2) is 5.90. The predicted octanol–water partition coefficient (Wildman–Crippen LogP) is 4.35. The maximum Gasteiger partial charge on any atom is 0.123 e. The molecule has 0 heterocycles. The third-order valence-corrected chi connectivity index (χ3v) is 3.86. The van der Waals surface area contributed by atoms with Gasteiger partial charge in [0.25, 0.3) is 0 Å². The summed E-state index contributed by atoms with van der Waals surface area (Å²) in [6, 6.07) is 14.5. The van der Waals surface area contributed by atoms with Crippen molar-refractivity contribution in [2.75, 3.05) is 7.11 Å². The first-order valence-corrected chi connectivity index (χ1v) is 7.33. The molecule has 0 fully saturated rings. The fourth-order valence-corrected chi connectivity index (χ4v) is 2.47. The van der Waals surface area contributed by atoms with Gasteiger partial charge in [0.15, 0.2) is 0 Å². The standard InChI is InChI=1S/C19H25NO/c1-13-6-11-17(21-5)16(12-13)18(20)14-7-9-15(10-8-14)19(2,3)4/h6-12,18H,20H2,1-5H3. The van der Waals surface area contributed by atoms with Crippen molar-refractivity contribution in [1.82, 2.24) is 0 Å². The van der Waals surface area contributed by atoms with Gasteiger partial charge in [-0.1, -0.05) is 62.7 Å². The fraction of sp³-hybridized carbons (Fsp3) is 0.368. The van der Waals surface area contributed by atoms with Gasteiger partial charge in [-0.2, -0.15) is 0 Å². The Morgan fingerprint density at radius 3 is 2.14 bits per heavy atom. The largest absolute Gasteiger partial charge is 0.496 e. The van der Waals surface area contributed by atoms with Crippen molar-refractivity contribution in [3.63, 3.8) is 0 Å². The number of methoxy groups -OCH3 is 1. The third kappa shape index (κ3) is 3.45. The number of ether oxygens (including phenoxy) is 1. The minimum Gasteiger partial charge on any atom is -0.496 e. The van der Waals surface area contributed by atoms with Crippen LogP contribution in [0, 0.1) is 6.92 Å². The van der Waals surface area contributed by atoms with E-state index in [1.165, 1.54) is 11.1 Å². The molecule has 112 valence electrons. The monoisotopic (exact) mass is 283 g/mol. The molecule has 2 N–H and O–H groups in total. The zero-order valence-corrected chi connectivity index (χ0v) is 13.6. The van der Waals surface area contributed by atoms with Crippen molar-refractivity contribution in [3.05, 3.63) is 64.7 Å². The quantitative estimate of drug-likeness (QED) is 0.909. The van der Waals surface area contributed by atoms with Gasteiger partial charge in [-0.3, -0.25) is 0 Å². The molecule has 0 aliphatic rings. The van der Waals surface area contributed by atoms with Crippen molar-refractivity contribution in [2.45, 2.75) is 39.2 Å². The van der Waals surface area contributed by atoms with Crippen LogP contribution in [0.3, 0.4) is 0 Å². The van der Waals surface area contributed by atoms with Gasteiger partial charge < -0.3 is 10.5 Å². The summed E-state index contributed by atoms with van der Waals surface area (Å²) in [7, 11) is 1.68. The molecular formula is C19H25NO. The molecule has 2 nitrogen and oxygen atoms in total. The average Bonchev–Trinajstić information content (AvgIpc) is 2.45. The lowest BCUT2D eigenvalue weighted by Crippen LogP contribution is -2.15. The zero-order valence-electron chi connectivity index (χ0n) is 13.6. The first-order valence-electron chi connectivity index (χ1n) is 7.33. The molecule has 2 rings (SSSR count). The summed E-state index contributed by atoms with van der Waals surface area (Å²) in [6.07, 6.45) is 0. The van der Waals surface area contributed by atoms with Gasteiger partial charge in [0.05, 0.1) is 13.2 Å². The lowest BCUT2D eigenvalue weighted by atomic mass is 9.85. The Kier molecular flexibility index (Phi) is 4.38. The Morgan fingerprint density at radius 2 is 1.62 bits per heavy atom. The molecule has 0 bridgehead atoms. The van der Waals surface area contributed by atoms with E-state index >= 15 is 0 Å². The normalized spacial score (nSPS) is 13.0. The predicted molar refractivity (Wildman–Crippen MR) is 88.9 cm³/mol. The molecule has 0 amide bonds. The number of benzene rings is 2. The maximum absolute atomic E-state index is 6.44. The first kappa shape index (κ1) is 15.6. The van der Waals surface area contributed by atoms with Crippen LogP contribution < -0.4 is 10.5 Å². The van der Waals surface area contributed by atoms with E-state index in [4.69, 9.17) is 10.5 Å². The summed E-state index contributed by atoms with van der Waals surface area (Å²) in [6.45, 7) is 8.71. The van der Waals surface area contributed by atoms with Crippen molar-refractivity contribution in [3.8, 4) is 5.75 Å². The highest BCUT2D eigenvalue weighted by atomic mass is 16.5. The Morgan fingerprint density at radius 1 is 1.00 bits per heavy atom. The summed E-state index contributed by atoms with van der Waals surface area (Å²) >= 11 is 0. The Labute approximate surface area is 127 Å². The van der Waals surface area contributed by atoms with Crippen LogP contribution in [0.5, 0.6) is 5.75 Å². The molecular weight excluding hydrogens is 258 g/mol. The lowest BCUT2D eigenvalue weighted by Gasteiger charge is -2.21. The highest BCUT2D eigenvalue weighted by Gasteiger charge is 2.17. The number of rotatable bonds is 3. The van der Waals surface area contributed by atoms with E-state index in [0.717, 1.165) is 16.9 Å². The van der Waals surface area contributed by atoms with Gasteiger partial charge in [0.1, 0.15) is 5.75 Å². The molecule has 1 atom stereocenters. The van der Waals surface area contributed by atoms with Gasteiger partial charge in [0.2, 0.25) is 0 Å². The Hall–Kier alpha value is -1.80. The van der Waals surface area contributed by atoms with Crippen LogP contribution in [-0.4, -0.2) is 7.11 Å². The van der Waals surface area contributed by atoms with E-state index < -0.39 is 0 Å². The SMILES string of the molecule is COc1ccc(C)cc1C(N)c1ccc(C(C)(C)C)cc1. The van der Waals surface area contributed by atoms with Crippen LogP contribution >= 0.6 is 0 Å². The van der Waals surface area contributed by atoms with E-state index in [2.05, 4.69) is 58.0 Å². The molecule has 0 saturated heterocycles. The fourth-order valence-electron chi connectivity index (χ4n) is 2.47. The van der Waals surface area contributed by atoms with E-state index in [1.807, 2.05) is 12.1 Å². The van der Waals surface area contributed by atoms with Gasteiger partial charge in [-0.05, 0) is 29.5 Å². The molecule has 2 aromatic rings. The number of aryl methyl sites for hydroxylation is 1. The summed E-state index contributed by atoms with van der Waals surface area (Å²) in [5.74, 6) is 0.841. The van der Waals surface area contributed by atoms with Gasteiger partial charge in [0, 0.05) is 5.56 Å². The molecule has 0 spiro atoms. The van der Waals surface area contributed by atoms with Crippen molar-refractivity contribution >= 4 is 0 Å². The van der Waals surface area contributed by atoms with Crippen LogP contribution in [0.15, 0.2) is 42.5 Å². The van der Waals surface area contributed by atoms with Crippen molar-refractivity contribution in [2.24, 2.45) is 5.73 Å². The molecule has 1 unspecified atom stereocenters. The van der Waals surface area contributed by atoms with Crippen molar-refractivity contribution < 1.29 is 4.74 Å². The minimum absolute atomic E-state index is 0.156. The smallest absolute Gasteiger partial charge is 0.123 e. The lowest BCUT2D eigenvalue weighted by molar-refractivity contribution is 0.407. The zero-order chi connectivity index (χ0) is 15.6. The van der Waals surface area contributed by atoms with E-state index in [1.54, 1.807) is 7.11 Å². The van der Waals surface area contributed by atoms with Crippen LogP contribution in [0.2, 0.25) is 0 Å². The average molecular weight is 283 g/mol. The summed E-state index contributed by atoms with van der Waals surface area (Å²) < 4.78 is 5.44. The van der Waals surface area contributed by atoms with Crippen LogP contribution in [-0.2, 0) is 5.41 Å². The molecule has 21 heavy (non-hydrogen) atoms. The molecule has 0 aromatic heterocycles. The first-order chi connectivity index (χ1) is 9.82. The molecule has 0 radical (unpaired) electrons. The summed E-state index contributed by atoms with van der Waals surface area (Å²) in [5.41, 5.74) is 11.2. The summed E-state index contributed by atoms with van der Waals surface area (Å²) in [4.78, 5) is 0. The van der Waals surface area contributed by atoms with Crippen LogP contribution in [0.4, 0.5) is 0 Å². The number of hydrogen-bond donors (Lipinski definition) is 1. The molecule has 0 aliphatic heterocycles. The van der Waals surface area contributed by atoms with E-state index in [-0.39, 0.29) is 11.5 Å². The Bertz CT molecular complexity index is 608. The van der Waals surface area contributed by atoms with Crippen molar-refractivity contribution in [1.29, 1.82) is 0 Å². The van der Waals surface area contributed by atoms with E-state index in [0.29, 0.717) is 0 Å². The van der Waals surface area contributed by atoms with Crippen LogP contribution in [0.1, 0.15) is 49.1 Å². The molecule has 2 aromatic carbocycles. The van der Waals surface area contributed by atoms with Gasteiger partial charge in [-0.25, -0.2) is 0 Å². The topological polar surface area (TPSA) is 35.2 Å². The molecule has 2 heteroatoms. The van der Waals surface area contributed by atoms with E-state index in [9.17, 15) is 0 Å². The number of hydrogen-bond acceptors (Lipinski definition) is 2. The number of nitrogens with two attached hydrogens (primary N) is 1. The molecule has 0 saturated carbocycles. The van der Waals surface area contributed by atoms with Gasteiger partial charge >= 0.3 is 0 Å². The Balaban J connectivity index is 2.36. The summed E-state index contributed by atoms with van der Waals surface area (Å²) in [5, 5.41) is 0. The second-order valence-electron chi connectivity index (χ2n) is 6.60. The highest BCUT2D eigenvalue weighted by molar-refractivity contribution is 5.44. The van der Waals surface area contributed by atoms with Gasteiger partial charge in [-0.15, -0.1) is 0 Å². The second-order valence-corrected chi connectivity index (χ2v) is 6.60. The molecule has 0 aliphatic carbocycles. The third-order valence-electron chi connectivity index (χ3n) is 3.86. The minimum atomic E-state index is -0.172. The maximum atomic E-state index is 6.44. The highest BCUT2D eigenvalue weighted by Crippen LogP contribution is 2.30.